The summed E-state index contributed by atoms with van der Waals surface area (Å²) in [6, 6.07) is 0. The molecule has 0 unspecified atom stereocenters. The third-order valence-corrected chi connectivity index (χ3v) is 1.27. The lowest BCUT2D eigenvalue weighted by Crippen LogP contribution is -2.20. The summed E-state index contributed by atoms with van der Waals surface area (Å²) in [5, 5.41) is 8.33. The molecule has 0 aromatic heterocycles. The molecule has 6 heteroatoms. The Morgan fingerprint density at radius 3 is 2.21 bits per heavy atom. The predicted molar refractivity (Wildman–Crippen MR) is 44.9 cm³/mol. The van der Waals surface area contributed by atoms with Gasteiger partial charge in [-0.3, -0.25) is 0 Å². The van der Waals surface area contributed by atoms with Gasteiger partial charge in [0.05, 0.1) is 6.42 Å². The lowest BCUT2D eigenvalue weighted by molar-refractivity contribution is -0.132. The van der Waals surface area contributed by atoms with Gasteiger partial charge in [-0.25, -0.2) is 4.79 Å². The van der Waals surface area contributed by atoms with Crippen molar-refractivity contribution in [1.29, 1.82) is 0 Å². The summed E-state index contributed by atoms with van der Waals surface area (Å²) >= 11 is 0. The van der Waals surface area contributed by atoms with Crippen LogP contribution in [-0.4, -0.2) is 42.8 Å². The highest BCUT2D eigenvalue weighted by Gasteiger charge is 2.29. The van der Waals surface area contributed by atoms with Crippen molar-refractivity contribution in [2.24, 2.45) is 0 Å². The van der Waals surface area contributed by atoms with E-state index in [2.05, 4.69) is 0 Å². The first-order chi connectivity index (χ1) is 6.20. The quantitative estimate of drug-likeness (QED) is 0.716. The van der Waals surface area contributed by atoms with Crippen molar-refractivity contribution in [3.8, 4) is 0 Å². The van der Waals surface area contributed by atoms with Crippen LogP contribution in [0.4, 0.5) is 13.2 Å². The minimum absolute atomic E-state index is 0.00813. The molecule has 0 rings (SSSR count). The zero-order chi connectivity index (χ0) is 11.4. The first-order valence-corrected chi connectivity index (χ1v) is 3.84. The molecule has 0 bridgehead atoms. The largest absolute Gasteiger partial charge is 0.478 e. The third-order valence-electron chi connectivity index (χ3n) is 1.27. The minimum Gasteiger partial charge on any atom is -0.478 e. The van der Waals surface area contributed by atoms with Crippen molar-refractivity contribution in [1.82, 2.24) is 4.90 Å². The Morgan fingerprint density at radius 1 is 1.43 bits per heavy atom. The zero-order valence-electron chi connectivity index (χ0n) is 7.93. The van der Waals surface area contributed by atoms with E-state index in [9.17, 15) is 18.0 Å². The number of carboxylic acids is 1. The van der Waals surface area contributed by atoms with Gasteiger partial charge in [0.2, 0.25) is 0 Å². The average molecular weight is 211 g/mol. The average Bonchev–Trinajstić information content (AvgIpc) is 1.77. The Labute approximate surface area is 79.8 Å². The number of rotatable bonds is 4. The van der Waals surface area contributed by atoms with Crippen LogP contribution < -0.4 is 0 Å². The van der Waals surface area contributed by atoms with Crippen molar-refractivity contribution >= 4 is 5.97 Å². The van der Waals surface area contributed by atoms with Gasteiger partial charge in [-0.15, -0.1) is 0 Å². The molecule has 82 valence electrons. The highest BCUT2D eigenvalue weighted by Crippen LogP contribution is 2.24. The van der Waals surface area contributed by atoms with Crippen LogP contribution in [0.3, 0.4) is 0 Å². The summed E-state index contributed by atoms with van der Waals surface area (Å²) in [4.78, 5) is 11.7. The van der Waals surface area contributed by atoms with Crippen LogP contribution in [0.1, 0.15) is 6.42 Å². The minimum atomic E-state index is -4.36. The van der Waals surface area contributed by atoms with Gasteiger partial charge < -0.3 is 10.0 Å². The topological polar surface area (TPSA) is 40.5 Å². The maximum atomic E-state index is 12.0. The molecule has 0 saturated heterocycles. The van der Waals surface area contributed by atoms with E-state index in [0.717, 1.165) is 0 Å². The van der Waals surface area contributed by atoms with E-state index in [1.165, 1.54) is 4.90 Å². The summed E-state index contributed by atoms with van der Waals surface area (Å²) in [6.45, 7) is -0.00813. The molecule has 0 amide bonds. The maximum absolute atomic E-state index is 12.0. The van der Waals surface area contributed by atoms with Gasteiger partial charge in [-0.1, -0.05) is 0 Å². The monoisotopic (exact) mass is 211 g/mol. The second kappa shape index (κ2) is 4.99. The lowest BCUT2D eigenvalue weighted by atomic mass is 10.1. The molecule has 0 aromatic carbocycles. The Bertz CT molecular complexity index is 233. The van der Waals surface area contributed by atoms with Crippen LogP contribution in [0.5, 0.6) is 0 Å². The van der Waals surface area contributed by atoms with E-state index in [4.69, 9.17) is 5.11 Å². The first kappa shape index (κ1) is 13.0. The molecule has 0 heterocycles. The van der Waals surface area contributed by atoms with Gasteiger partial charge in [0.25, 0.3) is 0 Å². The number of hydrogen-bond donors (Lipinski definition) is 1. The summed E-state index contributed by atoms with van der Waals surface area (Å²) in [7, 11) is 3.15. The standard InChI is InChI=1S/C8H12F3NO2/c1-12(2)5-6(3-7(13)14)4-8(9,10)11/h3H,4-5H2,1-2H3,(H,13,14)/b6-3+. The number of carbonyl (C=O) groups is 1. The van der Waals surface area contributed by atoms with Gasteiger partial charge in [0, 0.05) is 12.6 Å². The molecular formula is C8H12F3NO2. The smallest absolute Gasteiger partial charge is 0.392 e. The fourth-order valence-corrected chi connectivity index (χ4v) is 0.991. The van der Waals surface area contributed by atoms with E-state index >= 15 is 0 Å². The molecule has 0 aliphatic heterocycles. The van der Waals surface area contributed by atoms with Crippen molar-refractivity contribution in [3.05, 3.63) is 11.6 Å². The molecule has 0 atom stereocenters. The van der Waals surface area contributed by atoms with E-state index in [1.807, 2.05) is 0 Å². The SMILES string of the molecule is CN(C)C/C(=C/C(=O)O)CC(F)(F)F. The third kappa shape index (κ3) is 7.60. The molecule has 14 heavy (non-hydrogen) atoms. The molecule has 0 aromatic rings. The summed E-state index contributed by atoms with van der Waals surface area (Å²) in [5.41, 5.74) is -0.157. The number of hydrogen-bond acceptors (Lipinski definition) is 2. The number of alkyl halides is 3. The van der Waals surface area contributed by atoms with Crippen LogP contribution in [0.2, 0.25) is 0 Å². The van der Waals surface area contributed by atoms with Crippen LogP contribution >= 0.6 is 0 Å². The summed E-state index contributed by atoms with van der Waals surface area (Å²) in [6.07, 6.45) is -4.94. The molecular weight excluding hydrogens is 199 g/mol. The van der Waals surface area contributed by atoms with Crippen LogP contribution in [0, 0.1) is 0 Å². The molecule has 0 radical (unpaired) electrons. The lowest BCUT2D eigenvalue weighted by Gasteiger charge is -2.14. The Hall–Kier alpha value is -1.04. The molecule has 0 aliphatic carbocycles. The fraction of sp³-hybridized carbons (Fsp3) is 0.625. The Morgan fingerprint density at radius 2 is 1.93 bits per heavy atom. The van der Waals surface area contributed by atoms with E-state index in [-0.39, 0.29) is 12.1 Å². The highest BCUT2D eigenvalue weighted by atomic mass is 19.4. The molecule has 3 nitrogen and oxygen atoms in total. The van der Waals surface area contributed by atoms with Crippen molar-refractivity contribution in [3.63, 3.8) is 0 Å². The zero-order valence-corrected chi connectivity index (χ0v) is 7.93. The molecule has 0 saturated carbocycles. The van der Waals surface area contributed by atoms with Gasteiger partial charge in [-0.2, -0.15) is 13.2 Å². The number of halogens is 3. The first-order valence-electron chi connectivity index (χ1n) is 3.84. The van der Waals surface area contributed by atoms with E-state index < -0.39 is 18.6 Å². The van der Waals surface area contributed by atoms with E-state index in [0.29, 0.717) is 6.08 Å². The maximum Gasteiger partial charge on any atom is 0.392 e. The molecule has 0 spiro atoms. The van der Waals surface area contributed by atoms with Gasteiger partial charge in [0.1, 0.15) is 0 Å². The second-order valence-corrected chi connectivity index (χ2v) is 3.17. The van der Waals surface area contributed by atoms with Gasteiger partial charge in [0.15, 0.2) is 0 Å². The van der Waals surface area contributed by atoms with Gasteiger partial charge in [-0.05, 0) is 19.7 Å². The number of aliphatic carboxylic acids is 1. The molecule has 0 fully saturated rings. The number of carboxylic acid groups (broad SMARTS) is 1. The normalized spacial score (nSPS) is 13.4. The van der Waals surface area contributed by atoms with Crippen LogP contribution in [0.15, 0.2) is 11.6 Å². The predicted octanol–water partition coefficient (Wildman–Crippen LogP) is 1.51. The van der Waals surface area contributed by atoms with Crippen LogP contribution in [-0.2, 0) is 4.79 Å². The van der Waals surface area contributed by atoms with Crippen molar-refractivity contribution < 1.29 is 23.1 Å². The van der Waals surface area contributed by atoms with Crippen LogP contribution in [0.25, 0.3) is 0 Å². The summed E-state index contributed by atoms with van der Waals surface area (Å²) in [5.74, 6) is -1.36. The van der Waals surface area contributed by atoms with E-state index in [1.54, 1.807) is 14.1 Å². The fourth-order valence-electron chi connectivity index (χ4n) is 0.991. The van der Waals surface area contributed by atoms with Crippen molar-refractivity contribution in [2.75, 3.05) is 20.6 Å². The summed E-state index contributed by atoms with van der Waals surface area (Å²) < 4.78 is 35.9. The van der Waals surface area contributed by atoms with Gasteiger partial charge >= 0.3 is 12.1 Å². The second-order valence-electron chi connectivity index (χ2n) is 3.17. The number of likely N-dealkylation sites (N-methyl/N-ethyl adjacent to an activating group) is 1. The molecule has 1 N–H and O–H groups in total. The Kier molecular flexibility index (Phi) is 4.62. The Balaban J connectivity index is 4.49. The van der Waals surface area contributed by atoms with Crippen molar-refractivity contribution in [2.45, 2.75) is 12.6 Å². The molecule has 0 aliphatic rings. The number of nitrogens with zero attached hydrogens (tertiary/aromatic N) is 1. The highest BCUT2D eigenvalue weighted by molar-refractivity contribution is 5.80.